The summed E-state index contributed by atoms with van der Waals surface area (Å²) in [5, 5.41) is 5.40. The summed E-state index contributed by atoms with van der Waals surface area (Å²) >= 11 is 0. The summed E-state index contributed by atoms with van der Waals surface area (Å²) in [6.45, 7) is 18.6. The molecular weight excluding hydrogens is 830 g/mol. The van der Waals surface area contributed by atoms with Crippen molar-refractivity contribution in [1.29, 1.82) is 0 Å². The van der Waals surface area contributed by atoms with E-state index in [1.165, 1.54) is 4.90 Å². The monoisotopic (exact) mass is 891 g/mol. The molecular formula is C47H62ClN5O10. The number of nitrogens with zero attached hydrogens (tertiary/aromatic N) is 4. The van der Waals surface area contributed by atoms with Crippen LogP contribution in [0.15, 0.2) is 65.1 Å². The van der Waals surface area contributed by atoms with Crippen LogP contribution in [0.4, 0.5) is 5.69 Å². The molecule has 2 aromatic carbocycles. The van der Waals surface area contributed by atoms with Gasteiger partial charge in [-0.3, -0.25) is 19.2 Å². The van der Waals surface area contributed by atoms with Crippen molar-refractivity contribution in [1.82, 2.24) is 19.9 Å². The smallest absolute Gasteiger partial charge is 0.335 e. The fraction of sp³-hybridized carbons (Fsp3) is 0.489. The molecule has 1 saturated heterocycles. The predicted octanol–water partition coefficient (Wildman–Crippen LogP) is 2.27. The van der Waals surface area contributed by atoms with Gasteiger partial charge in [0.05, 0.1) is 58.7 Å². The topological polar surface area (TPSA) is 160 Å². The van der Waals surface area contributed by atoms with Crippen molar-refractivity contribution in [2.24, 2.45) is 0 Å². The van der Waals surface area contributed by atoms with E-state index in [0.29, 0.717) is 22.0 Å². The number of hydrogen-bond donors (Lipinski definition) is 1. The summed E-state index contributed by atoms with van der Waals surface area (Å²) in [4.78, 5) is 71.9. The lowest BCUT2D eigenvalue weighted by atomic mass is 9.90. The van der Waals surface area contributed by atoms with Gasteiger partial charge in [-0.1, -0.05) is 18.2 Å². The lowest BCUT2D eigenvalue weighted by Crippen LogP contribution is -3.00. The van der Waals surface area contributed by atoms with E-state index < -0.39 is 23.3 Å². The first-order valence-corrected chi connectivity index (χ1v) is 21.6. The van der Waals surface area contributed by atoms with Crippen molar-refractivity contribution in [3.05, 3.63) is 71.6 Å². The Morgan fingerprint density at radius 1 is 0.794 bits per heavy atom. The SMILES string of the molecule is CCN(CC)c1ccc2c(-c3ccccc3C(=O)N(CCOCCOCCOCCC(=O)ON3C(=O)CCC3=O)CC(=O)NC(C)(C)C)c3ccc(=[N+](CC)CC)cc-3oc2c1.[Cl-]. The van der Waals surface area contributed by atoms with E-state index in [1.807, 2.05) is 39.0 Å². The molecule has 0 saturated carbocycles. The predicted molar refractivity (Wildman–Crippen MR) is 236 cm³/mol. The van der Waals surface area contributed by atoms with Gasteiger partial charge in [0.1, 0.15) is 24.4 Å². The van der Waals surface area contributed by atoms with Crippen LogP contribution in [0.25, 0.3) is 33.4 Å². The Hall–Kier alpha value is -5.35. The third-order valence-corrected chi connectivity index (χ3v) is 10.4. The van der Waals surface area contributed by atoms with Gasteiger partial charge in [0, 0.05) is 77.9 Å². The van der Waals surface area contributed by atoms with Crippen LogP contribution in [-0.2, 0) is 38.2 Å². The zero-order valence-electron chi connectivity index (χ0n) is 37.6. The highest BCUT2D eigenvalue weighted by Crippen LogP contribution is 2.42. The van der Waals surface area contributed by atoms with Gasteiger partial charge in [0.25, 0.3) is 17.7 Å². The fourth-order valence-electron chi connectivity index (χ4n) is 7.35. The van der Waals surface area contributed by atoms with Crippen molar-refractivity contribution >= 4 is 46.3 Å². The van der Waals surface area contributed by atoms with E-state index in [4.69, 9.17) is 23.5 Å². The van der Waals surface area contributed by atoms with Gasteiger partial charge in [-0.25, -0.2) is 9.37 Å². The minimum atomic E-state index is -0.734. The molecule has 0 spiro atoms. The number of anilines is 1. The van der Waals surface area contributed by atoms with E-state index in [0.717, 1.165) is 59.3 Å². The van der Waals surface area contributed by atoms with Crippen LogP contribution in [-0.4, -0.2) is 124 Å². The second-order valence-corrected chi connectivity index (χ2v) is 15.9. The highest BCUT2D eigenvalue weighted by atomic mass is 35.5. The summed E-state index contributed by atoms with van der Waals surface area (Å²) in [5.74, 6) is -1.71. The van der Waals surface area contributed by atoms with Crippen molar-refractivity contribution in [2.45, 2.75) is 73.3 Å². The van der Waals surface area contributed by atoms with Crippen LogP contribution >= 0.6 is 0 Å². The molecule has 3 aliphatic rings. The molecule has 1 N–H and O–H groups in total. The number of fused-ring (bicyclic) bond motifs is 2. The Labute approximate surface area is 376 Å². The molecule has 0 aromatic heterocycles. The maximum absolute atomic E-state index is 14.8. The Balaban J connectivity index is 0.00000871. The Bertz CT molecular complexity index is 2230. The van der Waals surface area contributed by atoms with Gasteiger partial charge in [-0.15, -0.1) is 5.06 Å². The first kappa shape index (κ1) is 50.3. The average molecular weight is 892 g/mol. The number of halogens is 1. The number of ether oxygens (including phenoxy) is 3. The van der Waals surface area contributed by atoms with Crippen LogP contribution in [0.2, 0.25) is 0 Å². The van der Waals surface area contributed by atoms with E-state index in [2.05, 4.69) is 78.9 Å². The minimum Gasteiger partial charge on any atom is -1.00 e. The van der Waals surface area contributed by atoms with E-state index in [9.17, 15) is 24.0 Å². The highest BCUT2D eigenvalue weighted by Gasteiger charge is 2.33. The molecule has 2 aliphatic heterocycles. The largest absolute Gasteiger partial charge is 1.00 e. The van der Waals surface area contributed by atoms with Crippen molar-refractivity contribution in [2.75, 3.05) is 83.8 Å². The number of carbonyl (C=O) groups is 5. The molecule has 1 fully saturated rings. The number of imide groups is 1. The van der Waals surface area contributed by atoms with E-state index in [-0.39, 0.29) is 96.2 Å². The molecule has 5 rings (SSSR count). The lowest BCUT2D eigenvalue weighted by Gasteiger charge is -2.27. The van der Waals surface area contributed by atoms with Crippen LogP contribution in [0.1, 0.15) is 78.1 Å². The molecule has 0 bridgehead atoms. The maximum Gasteiger partial charge on any atom is 0.335 e. The Morgan fingerprint density at radius 2 is 1.43 bits per heavy atom. The van der Waals surface area contributed by atoms with Crippen molar-refractivity contribution in [3.63, 3.8) is 0 Å². The molecule has 15 nitrogen and oxygen atoms in total. The third kappa shape index (κ3) is 13.6. The molecule has 16 heteroatoms. The average Bonchev–Trinajstić information content (AvgIpc) is 3.56. The zero-order chi connectivity index (χ0) is 44.8. The second-order valence-electron chi connectivity index (χ2n) is 15.9. The summed E-state index contributed by atoms with van der Waals surface area (Å²) < 4.78 is 25.8. The number of amides is 4. The van der Waals surface area contributed by atoms with Gasteiger partial charge < -0.3 is 51.0 Å². The van der Waals surface area contributed by atoms with E-state index in [1.54, 1.807) is 6.07 Å². The van der Waals surface area contributed by atoms with E-state index >= 15 is 0 Å². The van der Waals surface area contributed by atoms with Crippen LogP contribution in [0, 0.1) is 0 Å². The second kappa shape index (κ2) is 23.9. The quantitative estimate of drug-likeness (QED) is 0.0534. The number of carbonyl (C=O) groups excluding carboxylic acids is 5. The molecule has 342 valence electrons. The molecule has 1 aliphatic carbocycles. The van der Waals surface area contributed by atoms with Crippen molar-refractivity contribution in [3.8, 4) is 22.5 Å². The summed E-state index contributed by atoms with van der Waals surface area (Å²) in [7, 11) is 0. The van der Waals surface area contributed by atoms with Crippen LogP contribution in [0.5, 0.6) is 0 Å². The molecule has 4 amide bonds. The number of nitrogens with one attached hydrogen (secondary N) is 1. The van der Waals surface area contributed by atoms with Crippen molar-refractivity contribution < 1.29 is 59.8 Å². The minimum absolute atomic E-state index is 0. The summed E-state index contributed by atoms with van der Waals surface area (Å²) in [6.07, 6.45) is -0.0680. The van der Waals surface area contributed by atoms with Gasteiger partial charge >= 0.3 is 5.97 Å². The highest BCUT2D eigenvalue weighted by molar-refractivity contribution is 6.10. The molecule has 0 unspecified atom stereocenters. The Morgan fingerprint density at radius 3 is 2.06 bits per heavy atom. The van der Waals surface area contributed by atoms with Gasteiger partial charge in [-0.2, -0.15) is 0 Å². The first-order chi connectivity index (χ1) is 29.8. The number of rotatable bonds is 22. The third-order valence-electron chi connectivity index (χ3n) is 10.4. The number of hydrogen-bond acceptors (Lipinski definition) is 11. The summed E-state index contributed by atoms with van der Waals surface area (Å²) in [6, 6.07) is 20.0. The maximum atomic E-state index is 14.8. The first-order valence-electron chi connectivity index (χ1n) is 21.6. The zero-order valence-corrected chi connectivity index (χ0v) is 38.4. The van der Waals surface area contributed by atoms with Gasteiger partial charge in [0.2, 0.25) is 11.3 Å². The summed E-state index contributed by atoms with van der Waals surface area (Å²) in [5.41, 5.74) is 4.15. The van der Waals surface area contributed by atoms with Gasteiger partial charge in [0.15, 0.2) is 0 Å². The number of hydroxylamine groups is 2. The van der Waals surface area contributed by atoms with Crippen LogP contribution in [0.3, 0.4) is 0 Å². The Kier molecular flexibility index (Phi) is 19.1. The molecule has 2 heterocycles. The van der Waals surface area contributed by atoms with Crippen LogP contribution < -0.4 is 32.6 Å². The standard InChI is InChI=1S/C47H61N5O10.ClH/c1-8-49(9-2)33-16-18-37-39(30-33)61-40-31-34(50(10-3)11-4)17-19-38(40)45(37)35-14-12-13-15-36(35)46(57)51(32-41(53)48-47(5,6)7)23-25-59-27-29-60-28-26-58-24-22-44(56)62-52-42(54)20-21-43(52)55;/h12-19,30-31H,8-11,20-29,32H2,1-7H3;1H. The molecule has 63 heavy (non-hydrogen) atoms. The molecule has 0 atom stereocenters. The fourth-order valence-corrected chi connectivity index (χ4v) is 7.35. The molecule has 0 radical (unpaired) electrons. The lowest BCUT2D eigenvalue weighted by molar-refractivity contribution is -0.198. The molecule has 2 aromatic rings. The normalized spacial score (nSPS) is 12.7. The van der Waals surface area contributed by atoms with Gasteiger partial charge in [-0.05, 0) is 78.3 Å². The number of benzene rings is 3.